The van der Waals surface area contributed by atoms with Gasteiger partial charge in [-0.1, -0.05) is 6.07 Å². The number of anilines is 2. The van der Waals surface area contributed by atoms with Gasteiger partial charge in [0.05, 0.1) is 17.8 Å². The molecule has 4 rings (SSSR count). The summed E-state index contributed by atoms with van der Waals surface area (Å²) in [6, 6.07) is 7.91. The number of rotatable bonds is 4. The molecule has 4 heterocycles. The molecule has 134 valence electrons. The Balaban J connectivity index is 1.49. The summed E-state index contributed by atoms with van der Waals surface area (Å²) in [5, 5.41) is 1.04. The van der Waals surface area contributed by atoms with E-state index in [0.717, 1.165) is 48.7 Å². The highest BCUT2D eigenvalue weighted by Gasteiger charge is 2.21. The number of ether oxygens (including phenoxy) is 1. The Hall–Kier alpha value is -2.96. The van der Waals surface area contributed by atoms with Crippen LogP contribution in [0.4, 0.5) is 11.6 Å². The molecule has 1 aliphatic rings. The van der Waals surface area contributed by atoms with Gasteiger partial charge in [-0.25, -0.2) is 9.97 Å². The SMILES string of the molecule is CC(C)Oc1cccc(N2CCN(c3ncnc4cnccc34)CC2)n1. The van der Waals surface area contributed by atoms with Crippen molar-refractivity contribution in [3.8, 4) is 5.88 Å². The lowest BCUT2D eigenvalue weighted by atomic mass is 10.2. The van der Waals surface area contributed by atoms with Gasteiger partial charge in [0.2, 0.25) is 5.88 Å². The van der Waals surface area contributed by atoms with Gasteiger partial charge in [-0.05, 0) is 26.0 Å². The number of hydrogen-bond donors (Lipinski definition) is 0. The first-order valence-corrected chi connectivity index (χ1v) is 8.89. The number of aromatic nitrogens is 4. The van der Waals surface area contributed by atoms with Crippen molar-refractivity contribution in [2.75, 3.05) is 36.0 Å². The number of nitrogens with zero attached hydrogens (tertiary/aromatic N) is 6. The van der Waals surface area contributed by atoms with Crippen LogP contribution < -0.4 is 14.5 Å². The average molecular weight is 350 g/mol. The third kappa shape index (κ3) is 3.37. The largest absolute Gasteiger partial charge is 0.475 e. The Bertz CT molecular complexity index is 887. The quantitative estimate of drug-likeness (QED) is 0.716. The summed E-state index contributed by atoms with van der Waals surface area (Å²) in [4.78, 5) is 22.2. The van der Waals surface area contributed by atoms with Gasteiger partial charge in [0.15, 0.2) is 0 Å². The van der Waals surface area contributed by atoms with E-state index in [4.69, 9.17) is 4.74 Å². The summed E-state index contributed by atoms with van der Waals surface area (Å²) in [6.07, 6.45) is 5.30. The molecule has 0 spiro atoms. The molecule has 0 aromatic carbocycles. The zero-order valence-corrected chi connectivity index (χ0v) is 15.0. The maximum atomic E-state index is 5.71. The van der Waals surface area contributed by atoms with Gasteiger partial charge in [0.1, 0.15) is 18.0 Å². The highest BCUT2D eigenvalue weighted by atomic mass is 16.5. The fourth-order valence-electron chi connectivity index (χ4n) is 3.18. The molecule has 0 aliphatic carbocycles. The third-order valence-electron chi connectivity index (χ3n) is 4.39. The molecular weight excluding hydrogens is 328 g/mol. The molecule has 1 saturated heterocycles. The van der Waals surface area contributed by atoms with Gasteiger partial charge in [-0.2, -0.15) is 4.98 Å². The first-order chi connectivity index (χ1) is 12.7. The monoisotopic (exact) mass is 350 g/mol. The minimum atomic E-state index is 0.120. The zero-order chi connectivity index (χ0) is 17.9. The lowest BCUT2D eigenvalue weighted by Gasteiger charge is -2.36. The van der Waals surface area contributed by atoms with E-state index in [-0.39, 0.29) is 6.10 Å². The standard InChI is InChI=1S/C19H22N6O/c1-14(2)26-18-5-3-4-17(23-18)24-8-10-25(11-9-24)19-15-6-7-20-12-16(15)21-13-22-19/h3-7,12-14H,8-11H2,1-2H3. The molecule has 0 unspecified atom stereocenters. The van der Waals surface area contributed by atoms with Crippen molar-refractivity contribution in [2.24, 2.45) is 0 Å². The van der Waals surface area contributed by atoms with Crippen molar-refractivity contribution in [1.29, 1.82) is 0 Å². The molecule has 3 aromatic heterocycles. The van der Waals surface area contributed by atoms with Gasteiger partial charge in [-0.3, -0.25) is 4.98 Å². The minimum absolute atomic E-state index is 0.120. The van der Waals surface area contributed by atoms with Crippen molar-refractivity contribution in [2.45, 2.75) is 20.0 Å². The Morgan fingerprint density at radius 1 is 1.00 bits per heavy atom. The maximum absolute atomic E-state index is 5.71. The van der Waals surface area contributed by atoms with E-state index in [0.29, 0.717) is 5.88 Å². The third-order valence-corrected chi connectivity index (χ3v) is 4.39. The second kappa shape index (κ2) is 7.11. The fourth-order valence-corrected chi connectivity index (χ4v) is 3.18. The molecule has 26 heavy (non-hydrogen) atoms. The van der Waals surface area contributed by atoms with Crippen LogP contribution in [0.25, 0.3) is 10.9 Å². The maximum Gasteiger partial charge on any atom is 0.215 e. The van der Waals surface area contributed by atoms with E-state index < -0.39 is 0 Å². The topological polar surface area (TPSA) is 67.3 Å². The molecule has 3 aromatic rings. The first kappa shape index (κ1) is 16.5. The van der Waals surface area contributed by atoms with E-state index in [2.05, 4.69) is 29.7 Å². The van der Waals surface area contributed by atoms with Crippen LogP contribution in [0.2, 0.25) is 0 Å². The van der Waals surface area contributed by atoms with Crippen molar-refractivity contribution < 1.29 is 4.74 Å². The Kier molecular flexibility index (Phi) is 4.51. The second-order valence-electron chi connectivity index (χ2n) is 6.56. The van der Waals surface area contributed by atoms with Gasteiger partial charge < -0.3 is 14.5 Å². The van der Waals surface area contributed by atoms with Crippen LogP contribution in [0.5, 0.6) is 5.88 Å². The molecule has 0 atom stereocenters. The van der Waals surface area contributed by atoms with Crippen molar-refractivity contribution in [1.82, 2.24) is 19.9 Å². The number of hydrogen-bond acceptors (Lipinski definition) is 7. The summed E-state index contributed by atoms with van der Waals surface area (Å²) < 4.78 is 5.71. The van der Waals surface area contributed by atoms with E-state index in [1.165, 1.54) is 0 Å². The highest BCUT2D eigenvalue weighted by molar-refractivity contribution is 5.88. The lowest BCUT2D eigenvalue weighted by molar-refractivity contribution is 0.233. The molecule has 0 radical (unpaired) electrons. The normalized spacial score (nSPS) is 14.9. The summed E-state index contributed by atoms with van der Waals surface area (Å²) in [5.41, 5.74) is 0.875. The van der Waals surface area contributed by atoms with Gasteiger partial charge in [0.25, 0.3) is 0 Å². The van der Waals surface area contributed by atoms with E-state index in [1.54, 1.807) is 18.7 Å². The summed E-state index contributed by atoms with van der Waals surface area (Å²) in [5.74, 6) is 2.61. The lowest BCUT2D eigenvalue weighted by Crippen LogP contribution is -2.47. The molecule has 0 saturated carbocycles. The molecule has 7 nitrogen and oxygen atoms in total. The van der Waals surface area contributed by atoms with E-state index >= 15 is 0 Å². The molecule has 0 amide bonds. The molecule has 7 heteroatoms. The Labute approximate surface area is 152 Å². The molecular formula is C19H22N6O. The van der Waals surface area contributed by atoms with Crippen LogP contribution in [0.1, 0.15) is 13.8 Å². The number of piperazine rings is 1. The highest BCUT2D eigenvalue weighted by Crippen LogP contribution is 2.24. The predicted molar refractivity (Wildman–Crippen MR) is 102 cm³/mol. The van der Waals surface area contributed by atoms with Gasteiger partial charge >= 0.3 is 0 Å². The van der Waals surface area contributed by atoms with Crippen LogP contribution in [-0.4, -0.2) is 52.2 Å². The molecule has 0 bridgehead atoms. The number of pyridine rings is 2. The van der Waals surface area contributed by atoms with Gasteiger partial charge in [-0.15, -0.1) is 0 Å². The predicted octanol–water partition coefficient (Wildman–Crippen LogP) is 2.53. The van der Waals surface area contributed by atoms with Crippen molar-refractivity contribution in [3.05, 3.63) is 43.0 Å². The summed E-state index contributed by atoms with van der Waals surface area (Å²) >= 11 is 0. The Morgan fingerprint density at radius 2 is 1.81 bits per heavy atom. The smallest absolute Gasteiger partial charge is 0.215 e. The molecule has 1 fully saturated rings. The Morgan fingerprint density at radius 3 is 2.62 bits per heavy atom. The fraction of sp³-hybridized carbons (Fsp3) is 0.368. The zero-order valence-electron chi connectivity index (χ0n) is 15.0. The average Bonchev–Trinajstić information content (AvgIpc) is 2.67. The number of fused-ring (bicyclic) bond motifs is 1. The second-order valence-corrected chi connectivity index (χ2v) is 6.56. The van der Waals surface area contributed by atoms with Crippen LogP contribution in [-0.2, 0) is 0 Å². The summed E-state index contributed by atoms with van der Waals surface area (Å²) in [6.45, 7) is 7.55. The van der Waals surface area contributed by atoms with E-state index in [1.807, 2.05) is 38.1 Å². The van der Waals surface area contributed by atoms with Crippen LogP contribution in [0, 0.1) is 0 Å². The van der Waals surface area contributed by atoms with E-state index in [9.17, 15) is 0 Å². The molecule has 1 aliphatic heterocycles. The first-order valence-electron chi connectivity index (χ1n) is 8.89. The van der Waals surface area contributed by atoms with Crippen LogP contribution >= 0.6 is 0 Å². The molecule has 0 N–H and O–H groups in total. The van der Waals surface area contributed by atoms with Gasteiger partial charge in [0, 0.05) is 43.8 Å². The minimum Gasteiger partial charge on any atom is -0.475 e. The van der Waals surface area contributed by atoms with Crippen LogP contribution in [0.15, 0.2) is 43.0 Å². The van der Waals surface area contributed by atoms with Crippen molar-refractivity contribution >= 4 is 22.5 Å². The summed E-state index contributed by atoms with van der Waals surface area (Å²) in [7, 11) is 0. The van der Waals surface area contributed by atoms with Crippen LogP contribution in [0.3, 0.4) is 0 Å². The van der Waals surface area contributed by atoms with Crippen molar-refractivity contribution in [3.63, 3.8) is 0 Å².